The minimum Gasteiger partial charge on any atom is -0.444 e. The summed E-state index contributed by atoms with van der Waals surface area (Å²) in [7, 11) is 0. The van der Waals surface area contributed by atoms with Gasteiger partial charge in [-0.1, -0.05) is 13.0 Å². The summed E-state index contributed by atoms with van der Waals surface area (Å²) in [6.45, 7) is 9.53. The number of pyridine rings is 1. The summed E-state index contributed by atoms with van der Waals surface area (Å²) in [5.41, 5.74) is -0.467. The van der Waals surface area contributed by atoms with E-state index in [0.717, 1.165) is 25.3 Å². The average molecular weight is 291 g/mol. The highest BCUT2D eigenvalue weighted by Gasteiger charge is 2.28. The van der Waals surface area contributed by atoms with Crippen LogP contribution in [0.4, 0.5) is 10.6 Å². The fourth-order valence-electron chi connectivity index (χ4n) is 2.66. The van der Waals surface area contributed by atoms with E-state index >= 15 is 0 Å². The molecule has 2 heterocycles. The number of hydrogen-bond acceptors (Lipinski definition) is 4. The van der Waals surface area contributed by atoms with Gasteiger partial charge in [-0.15, -0.1) is 0 Å². The molecular weight excluding hydrogens is 266 g/mol. The maximum absolute atomic E-state index is 11.9. The lowest BCUT2D eigenvalue weighted by atomic mass is 9.96. The molecule has 1 aromatic rings. The van der Waals surface area contributed by atoms with Crippen molar-refractivity contribution in [2.75, 3.05) is 18.0 Å². The largest absolute Gasteiger partial charge is 0.444 e. The molecule has 0 bridgehead atoms. The van der Waals surface area contributed by atoms with Crippen molar-refractivity contribution in [2.24, 2.45) is 5.92 Å². The number of piperidine rings is 1. The van der Waals surface area contributed by atoms with E-state index in [4.69, 9.17) is 4.74 Å². The van der Waals surface area contributed by atoms with E-state index in [9.17, 15) is 4.79 Å². The SMILES string of the molecule is CC1CC(NC(=O)OC(C)(C)C)CN(c2ccccn2)C1. The molecule has 1 saturated heterocycles. The fourth-order valence-corrected chi connectivity index (χ4v) is 2.66. The lowest BCUT2D eigenvalue weighted by Gasteiger charge is -2.37. The molecule has 5 nitrogen and oxygen atoms in total. The van der Waals surface area contributed by atoms with E-state index in [1.54, 1.807) is 6.20 Å². The van der Waals surface area contributed by atoms with E-state index in [2.05, 4.69) is 22.1 Å². The van der Waals surface area contributed by atoms with E-state index in [0.29, 0.717) is 5.92 Å². The standard InChI is InChI=1S/C16H25N3O2/c1-12-9-13(18-15(20)21-16(2,3)4)11-19(10-12)14-7-5-6-8-17-14/h5-8,12-13H,9-11H2,1-4H3,(H,18,20). The van der Waals surface area contributed by atoms with Crippen molar-refractivity contribution in [3.05, 3.63) is 24.4 Å². The monoisotopic (exact) mass is 291 g/mol. The van der Waals surface area contributed by atoms with Crippen LogP contribution in [0.5, 0.6) is 0 Å². The Morgan fingerprint density at radius 3 is 2.76 bits per heavy atom. The zero-order chi connectivity index (χ0) is 15.5. The van der Waals surface area contributed by atoms with Gasteiger partial charge in [0, 0.05) is 19.3 Å². The van der Waals surface area contributed by atoms with Gasteiger partial charge >= 0.3 is 6.09 Å². The second-order valence-electron chi connectivity index (χ2n) is 6.78. The van der Waals surface area contributed by atoms with E-state index in [1.807, 2.05) is 39.0 Å². The predicted octanol–water partition coefficient (Wildman–Crippen LogP) is 2.82. The Morgan fingerprint density at radius 2 is 2.14 bits per heavy atom. The summed E-state index contributed by atoms with van der Waals surface area (Å²) < 4.78 is 5.33. The van der Waals surface area contributed by atoms with Gasteiger partial charge in [0.2, 0.25) is 0 Å². The first kappa shape index (κ1) is 15.6. The maximum atomic E-state index is 11.9. The molecule has 2 atom stereocenters. The van der Waals surface area contributed by atoms with Gasteiger partial charge in [0.25, 0.3) is 0 Å². The number of hydrogen-bond donors (Lipinski definition) is 1. The van der Waals surface area contributed by atoms with E-state index < -0.39 is 5.60 Å². The van der Waals surface area contributed by atoms with Crippen molar-refractivity contribution >= 4 is 11.9 Å². The topological polar surface area (TPSA) is 54.5 Å². The molecule has 5 heteroatoms. The Morgan fingerprint density at radius 1 is 1.38 bits per heavy atom. The van der Waals surface area contributed by atoms with E-state index in [-0.39, 0.29) is 12.1 Å². The van der Waals surface area contributed by atoms with Crippen molar-refractivity contribution < 1.29 is 9.53 Å². The van der Waals surface area contributed by atoms with Crippen LogP contribution in [0.15, 0.2) is 24.4 Å². The summed E-state index contributed by atoms with van der Waals surface area (Å²) in [5.74, 6) is 1.46. The first-order valence-electron chi connectivity index (χ1n) is 7.49. The summed E-state index contributed by atoms with van der Waals surface area (Å²) in [6, 6.07) is 5.99. The minimum atomic E-state index is -0.467. The molecule has 0 aromatic carbocycles. The van der Waals surface area contributed by atoms with Crippen molar-refractivity contribution in [3.8, 4) is 0 Å². The van der Waals surface area contributed by atoms with Crippen molar-refractivity contribution in [1.29, 1.82) is 0 Å². The minimum absolute atomic E-state index is 0.0885. The average Bonchev–Trinajstić information content (AvgIpc) is 2.36. The molecule has 1 aliphatic heterocycles. The molecule has 0 saturated carbocycles. The number of alkyl carbamates (subject to hydrolysis) is 1. The summed E-state index contributed by atoms with van der Waals surface area (Å²) in [5, 5.41) is 2.97. The summed E-state index contributed by atoms with van der Waals surface area (Å²) in [6.07, 6.45) is 2.41. The van der Waals surface area contributed by atoms with Gasteiger partial charge < -0.3 is 15.0 Å². The molecular formula is C16H25N3O2. The normalized spacial score (nSPS) is 22.8. The quantitative estimate of drug-likeness (QED) is 0.910. The summed E-state index contributed by atoms with van der Waals surface area (Å²) >= 11 is 0. The number of rotatable bonds is 2. The second-order valence-corrected chi connectivity index (χ2v) is 6.78. The Bertz CT molecular complexity index is 470. The molecule has 21 heavy (non-hydrogen) atoms. The molecule has 1 aromatic heterocycles. The van der Waals surface area contributed by atoms with Gasteiger partial charge in [-0.05, 0) is 45.2 Å². The Kier molecular flexibility index (Phi) is 4.70. The van der Waals surface area contributed by atoms with Crippen LogP contribution in [0.3, 0.4) is 0 Å². The lowest BCUT2D eigenvalue weighted by molar-refractivity contribution is 0.0495. The first-order chi connectivity index (χ1) is 9.83. The number of nitrogens with zero attached hydrogens (tertiary/aromatic N) is 2. The smallest absolute Gasteiger partial charge is 0.407 e. The van der Waals surface area contributed by atoms with Crippen LogP contribution < -0.4 is 10.2 Å². The Balaban J connectivity index is 1.96. The van der Waals surface area contributed by atoms with Gasteiger partial charge in [0.1, 0.15) is 11.4 Å². The Hall–Kier alpha value is -1.78. The highest BCUT2D eigenvalue weighted by atomic mass is 16.6. The lowest BCUT2D eigenvalue weighted by Crippen LogP contribution is -2.51. The number of nitrogens with one attached hydrogen (secondary N) is 1. The van der Waals surface area contributed by atoms with Crippen molar-refractivity contribution in [3.63, 3.8) is 0 Å². The van der Waals surface area contributed by atoms with Crippen LogP contribution in [0, 0.1) is 5.92 Å². The number of amides is 1. The molecule has 2 unspecified atom stereocenters. The van der Waals surface area contributed by atoms with Gasteiger partial charge in [-0.25, -0.2) is 9.78 Å². The third-order valence-corrected chi connectivity index (χ3v) is 3.35. The van der Waals surface area contributed by atoms with Gasteiger partial charge in [-0.2, -0.15) is 0 Å². The Labute approximate surface area is 126 Å². The van der Waals surface area contributed by atoms with Gasteiger partial charge in [0.15, 0.2) is 0 Å². The number of carbonyl (C=O) groups is 1. The number of ether oxygens (including phenoxy) is 1. The second kappa shape index (κ2) is 6.33. The molecule has 1 N–H and O–H groups in total. The maximum Gasteiger partial charge on any atom is 0.407 e. The number of aromatic nitrogens is 1. The zero-order valence-corrected chi connectivity index (χ0v) is 13.3. The summed E-state index contributed by atoms with van der Waals surface area (Å²) in [4.78, 5) is 18.5. The highest BCUT2D eigenvalue weighted by Crippen LogP contribution is 2.21. The molecule has 1 amide bonds. The zero-order valence-electron chi connectivity index (χ0n) is 13.3. The first-order valence-corrected chi connectivity index (χ1v) is 7.49. The van der Waals surface area contributed by atoms with Gasteiger partial charge in [-0.3, -0.25) is 0 Å². The van der Waals surface area contributed by atoms with Crippen molar-refractivity contribution in [2.45, 2.75) is 45.8 Å². The van der Waals surface area contributed by atoms with Crippen LogP contribution in [0.2, 0.25) is 0 Å². The number of carbonyl (C=O) groups excluding carboxylic acids is 1. The molecule has 0 aliphatic carbocycles. The van der Waals surface area contributed by atoms with Crippen molar-refractivity contribution in [1.82, 2.24) is 10.3 Å². The van der Waals surface area contributed by atoms with Crippen LogP contribution in [-0.2, 0) is 4.74 Å². The molecule has 0 radical (unpaired) electrons. The number of anilines is 1. The fraction of sp³-hybridized carbons (Fsp3) is 0.625. The molecule has 2 rings (SSSR count). The molecule has 116 valence electrons. The van der Waals surface area contributed by atoms with Crippen LogP contribution in [-0.4, -0.2) is 35.8 Å². The van der Waals surface area contributed by atoms with Crippen LogP contribution in [0.25, 0.3) is 0 Å². The predicted molar refractivity (Wildman–Crippen MR) is 83.4 cm³/mol. The third-order valence-electron chi connectivity index (χ3n) is 3.35. The molecule has 1 fully saturated rings. The van der Waals surface area contributed by atoms with Crippen LogP contribution in [0.1, 0.15) is 34.1 Å². The van der Waals surface area contributed by atoms with Gasteiger partial charge in [0.05, 0.1) is 6.04 Å². The highest BCUT2D eigenvalue weighted by molar-refractivity contribution is 5.68. The third kappa shape index (κ3) is 4.92. The molecule has 0 spiro atoms. The van der Waals surface area contributed by atoms with E-state index in [1.165, 1.54) is 0 Å². The molecule has 1 aliphatic rings. The van der Waals surface area contributed by atoms with Crippen LogP contribution >= 0.6 is 0 Å².